The number of likely N-dealkylation sites (tertiary alicyclic amines) is 1. The van der Waals surface area contributed by atoms with Crippen molar-refractivity contribution in [3.8, 4) is 0 Å². The zero-order valence-electron chi connectivity index (χ0n) is 18.8. The first-order valence-corrected chi connectivity index (χ1v) is 13.1. The fourth-order valence-corrected chi connectivity index (χ4v) is 7.73. The minimum absolute atomic E-state index is 0.0171. The molecule has 3 aromatic carbocycles. The predicted molar refractivity (Wildman–Crippen MR) is 130 cm³/mol. The van der Waals surface area contributed by atoms with E-state index >= 15 is 0 Å². The molecule has 2 aliphatic heterocycles. The molecule has 34 heavy (non-hydrogen) atoms. The van der Waals surface area contributed by atoms with Crippen LogP contribution in [0.2, 0.25) is 0 Å². The first kappa shape index (κ1) is 22.8. The molecule has 0 saturated carbocycles. The van der Waals surface area contributed by atoms with Crippen LogP contribution in [0.15, 0.2) is 91.0 Å². The fraction of sp³-hybridized carbons (Fsp3) is 0.296. The Labute approximate surface area is 200 Å². The van der Waals surface area contributed by atoms with Crippen LogP contribution in [0.4, 0.5) is 0 Å². The van der Waals surface area contributed by atoms with Crippen molar-refractivity contribution < 1.29 is 18.3 Å². The molecular weight excluding hydrogens is 448 g/mol. The van der Waals surface area contributed by atoms with Crippen LogP contribution < -0.4 is 0 Å². The molecule has 176 valence electrons. The molecule has 6 nitrogen and oxygen atoms in total. The van der Waals surface area contributed by atoms with E-state index in [9.17, 15) is 18.3 Å². The van der Waals surface area contributed by atoms with Gasteiger partial charge in [-0.25, -0.2) is 8.42 Å². The second kappa shape index (κ2) is 8.98. The van der Waals surface area contributed by atoms with E-state index in [4.69, 9.17) is 0 Å². The number of sulfonamides is 1. The van der Waals surface area contributed by atoms with E-state index in [1.54, 1.807) is 17.0 Å². The molecule has 7 heteroatoms. The quantitative estimate of drug-likeness (QED) is 0.569. The Morgan fingerprint density at radius 1 is 0.853 bits per heavy atom. The zero-order chi connectivity index (χ0) is 23.8. The molecule has 2 heterocycles. The van der Waals surface area contributed by atoms with Crippen LogP contribution in [0.1, 0.15) is 22.6 Å². The molecule has 5 rings (SSSR count). The van der Waals surface area contributed by atoms with E-state index in [-0.39, 0.29) is 30.6 Å². The zero-order valence-corrected chi connectivity index (χ0v) is 19.6. The van der Waals surface area contributed by atoms with Gasteiger partial charge in [0, 0.05) is 19.0 Å². The van der Waals surface area contributed by atoms with Crippen molar-refractivity contribution in [2.45, 2.75) is 29.7 Å². The Hall–Kier alpha value is -3.00. The average molecular weight is 477 g/mol. The Balaban J connectivity index is 1.43. The molecule has 2 aliphatic rings. The SMILES string of the molecule is O=C(Cc1ccccc1)N1CC2(C1)[C@H](c1ccccc1)[C@@H](CO)N2S(=O)(=O)Cc1ccccc1. The predicted octanol–water partition coefficient (Wildman–Crippen LogP) is 2.80. The highest BCUT2D eigenvalue weighted by Gasteiger charge is 2.70. The van der Waals surface area contributed by atoms with Gasteiger partial charge in [0.15, 0.2) is 0 Å². The van der Waals surface area contributed by atoms with Gasteiger partial charge in [0.05, 0.1) is 30.4 Å². The van der Waals surface area contributed by atoms with Gasteiger partial charge >= 0.3 is 0 Å². The van der Waals surface area contributed by atoms with Gasteiger partial charge < -0.3 is 10.0 Å². The van der Waals surface area contributed by atoms with Crippen molar-refractivity contribution in [3.63, 3.8) is 0 Å². The molecule has 1 spiro atoms. The number of nitrogens with zero attached hydrogens (tertiary/aromatic N) is 2. The third-order valence-corrected chi connectivity index (χ3v) is 8.95. The summed E-state index contributed by atoms with van der Waals surface area (Å²) in [4.78, 5) is 14.7. The molecule has 2 fully saturated rings. The van der Waals surface area contributed by atoms with E-state index in [1.807, 2.05) is 78.9 Å². The number of hydrogen-bond acceptors (Lipinski definition) is 4. The lowest BCUT2D eigenvalue weighted by Gasteiger charge is -2.69. The van der Waals surface area contributed by atoms with Crippen LogP contribution in [0.25, 0.3) is 0 Å². The van der Waals surface area contributed by atoms with Gasteiger partial charge in [0.1, 0.15) is 0 Å². The number of benzene rings is 3. The Morgan fingerprint density at radius 3 is 1.94 bits per heavy atom. The van der Waals surface area contributed by atoms with Gasteiger partial charge in [-0.05, 0) is 16.7 Å². The Morgan fingerprint density at radius 2 is 1.38 bits per heavy atom. The van der Waals surface area contributed by atoms with Crippen molar-refractivity contribution in [1.29, 1.82) is 0 Å². The van der Waals surface area contributed by atoms with Gasteiger partial charge in [0.25, 0.3) is 0 Å². The molecule has 2 saturated heterocycles. The minimum atomic E-state index is -3.72. The molecule has 0 bridgehead atoms. The number of aliphatic hydroxyl groups is 1. The second-order valence-corrected chi connectivity index (χ2v) is 11.0. The van der Waals surface area contributed by atoms with Gasteiger partial charge in [-0.2, -0.15) is 4.31 Å². The van der Waals surface area contributed by atoms with Gasteiger partial charge in [-0.1, -0.05) is 91.0 Å². The number of hydrogen-bond donors (Lipinski definition) is 1. The summed E-state index contributed by atoms with van der Waals surface area (Å²) >= 11 is 0. The maximum Gasteiger partial charge on any atom is 0.227 e. The summed E-state index contributed by atoms with van der Waals surface area (Å²) in [6.45, 7) is 0.374. The van der Waals surface area contributed by atoms with Crippen LogP contribution in [0.3, 0.4) is 0 Å². The second-order valence-electron chi connectivity index (χ2n) is 9.19. The summed E-state index contributed by atoms with van der Waals surface area (Å²) in [6.07, 6.45) is 0.285. The molecule has 1 amide bonds. The number of carbonyl (C=O) groups excluding carboxylic acids is 1. The smallest absolute Gasteiger partial charge is 0.227 e. The average Bonchev–Trinajstić information content (AvgIpc) is 2.79. The standard InChI is InChI=1S/C27H28N2O4S/c30-17-24-26(23-14-8-3-9-15-23)27(29(24)34(32,33)18-22-12-6-2-7-13-22)19-28(20-27)25(31)16-21-10-4-1-5-11-21/h1-15,24,26,30H,16-20H2/t24-,26-/m1/s1. The monoisotopic (exact) mass is 476 g/mol. The van der Waals surface area contributed by atoms with Crippen molar-refractivity contribution in [2.75, 3.05) is 19.7 Å². The van der Waals surface area contributed by atoms with Crippen molar-refractivity contribution in [2.24, 2.45) is 0 Å². The van der Waals surface area contributed by atoms with Gasteiger partial charge in [-0.3, -0.25) is 4.79 Å². The summed E-state index contributed by atoms with van der Waals surface area (Å²) in [6, 6.07) is 27.8. The molecule has 0 radical (unpaired) electrons. The molecule has 3 aromatic rings. The highest BCUT2D eigenvalue weighted by molar-refractivity contribution is 7.88. The topological polar surface area (TPSA) is 77.9 Å². The van der Waals surface area contributed by atoms with Crippen LogP contribution >= 0.6 is 0 Å². The fourth-order valence-electron chi connectivity index (χ4n) is 5.60. The van der Waals surface area contributed by atoms with E-state index < -0.39 is 21.6 Å². The minimum Gasteiger partial charge on any atom is -0.395 e. The molecule has 0 aliphatic carbocycles. The van der Waals surface area contributed by atoms with E-state index in [2.05, 4.69) is 0 Å². The Bertz CT molecular complexity index is 1240. The summed E-state index contributed by atoms with van der Waals surface area (Å²) < 4.78 is 28.7. The normalized spacial score (nSPS) is 21.6. The van der Waals surface area contributed by atoms with E-state index in [1.165, 1.54) is 4.31 Å². The highest BCUT2D eigenvalue weighted by atomic mass is 32.2. The van der Waals surface area contributed by atoms with E-state index in [0.717, 1.165) is 11.1 Å². The van der Waals surface area contributed by atoms with Crippen LogP contribution in [-0.2, 0) is 27.0 Å². The maximum absolute atomic E-state index is 13.6. The van der Waals surface area contributed by atoms with Crippen LogP contribution in [-0.4, -0.2) is 59.9 Å². The van der Waals surface area contributed by atoms with Gasteiger partial charge in [0.2, 0.25) is 15.9 Å². The third kappa shape index (κ3) is 3.94. The summed E-state index contributed by atoms with van der Waals surface area (Å²) in [7, 11) is -3.72. The lowest BCUT2D eigenvalue weighted by Crippen LogP contribution is -2.85. The summed E-state index contributed by atoms with van der Waals surface area (Å²) in [5.74, 6) is -0.326. The summed E-state index contributed by atoms with van der Waals surface area (Å²) in [5.41, 5.74) is 1.88. The van der Waals surface area contributed by atoms with Gasteiger partial charge in [-0.15, -0.1) is 0 Å². The first-order chi connectivity index (χ1) is 16.4. The molecule has 0 unspecified atom stereocenters. The van der Waals surface area contributed by atoms with Crippen molar-refractivity contribution in [1.82, 2.24) is 9.21 Å². The largest absolute Gasteiger partial charge is 0.395 e. The number of carbonyl (C=O) groups is 1. The number of rotatable bonds is 7. The lowest BCUT2D eigenvalue weighted by atomic mass is 9.63. The van der Waals surface area contributed by atoms with Crippen LogP contribution in [0.5, 0.6) is 0 Å². The number of aliphatic hydroxyl groups excluding tert-OH is 1. The van der Waals surface area contributed by atoms with Crippen molar-refractivity contribution in [3.05, 3.63) is 108 Å². The third-order valence-electron chi connectivity index (χ3n) is 7.02. The Kier molecular flexibility index (Phi) is 6.02. The van der Waals surface area contributed by atoms with E-state index in [0.29, 0.717) is 18.7 Å². The van der Waals surface area contributed by atoms with Crippen LogP contribution in [0, 0.1) is 0 Å². The molecule has 0 aromatic heterocycles. The molecule has 2 atom stereocenters. The number of amides is 1. The maximum atomic E-state index is 13.6. The highest BCUT2D eigenvalue weighted by Crippen LogP contribution is 2.55. The molecular formula is C27H28N2O4S. The molecule has 1 N–H and O–H groups in total. The van der Waals surface area contributed by atoms with Crippen molar-refractivity contribution >= 4 is 15.9 Å². The summed E-state index contributed by atoms with van der Waals surface area (Å²) in [5, 5.41) is 10.3. The first-order valence-electron chi connectivity index (χ1n) is 11.5. The lowest BCUT2D eigenvalue weighted by molar-refractivity contribution is -0.166.